The number of hydrogen-bond acceptors (Lipinski definition) is 4. The van der Waals surface area contributed by atoms with Crippen LogP contribution in [0.4, 0.5) is 4.39 Å². The van der Waals surface area contributed by atoms with E-state index in [1.807, 2.05) is 0 Å². The lowest BCUT2D eigenvalue weighted by Gasteiger charge is -2.00. The van der Waals surface area contributed by atoms with Gasteiger partial charge in [0.2, 0.25) is 5.89 Å². The molecule has 2 aromatic rings. The van der Waals surface area contributed by atoms with E-state index in [1.54, 1.807) is 25.4 Å². The Hall–Kier alpha value is -1.24. The molecule has 0 radical (unpaired) electrons. The van der Waals surface area contributed by atoms with E-state index in [1.165, 1.54) is 6.07 Å². The number of ether oxygens (including phenoxy) is 1. The minimum Gasteiger partial charge on any atom is -0.439 e. The fourth-order valence-electron chi connectivity index (χ4n) is 1.54. The van der Waals surface area contributed by atoms with E-state index >= 15 is 0 Å². The zero-order chi connectivity index (χ0) is 13.7. The summed E-state index contributed by atoms with van der Waals surface area (Å²) in [6.07, 6.45) is 1.63. The van der Waals surface area contributed by atoms with E-state index in [0.29, 0.717) is 29.3 Å². The molecule has 0 aliphatic heterocycles. The van der Waals surface area contributed by atoms with Crippen molar-refractivity contribution in [2.75, 3.05) is 20.3 Å². The maximum atomic E-state index is 13.1. The summed E-state index contributed by atoms with van der Waals surface area (Å²) in [6.45, 7) is 1.90. The highest BCUT2D eigenvalue weighted by atomic mass is 79.9. The Morgan fingerprint density at radius 1 is 1.47 bits per heavy atom. The Labute approximate surface area is 119 Å². The molecule has 1 N–H and O–H groups in total. The second-order valence-corrected chi connectivity index (χ2v) is 4.77. The van der Waals surface area contributed by atoms with Crippen LogP contribution in [0.15, 0.2) is 33.3 Å². The highest BCUT2D eigenvalue weighted by molar-refractivity contribution is 9.10. The number of oxazole rings is 1. The van der Waals surface area contributed by atoms with Crippen LogP contribution < -0.4 is 5.32 Å². The van der Waals surface area contributed by atoms with Crippen molar-refractivity contribution in [3.05, 3.63) is 40.6 Å². The van der Waals surface area contributed by atoms with Crippen molar-refractivity contribution in [2.24, 2.45) is 0 Å². The number of nitrogens with one attached hydrogen (secondary N) is 1. The van der Waals surface area contributed by atoms with E-state index in [-0.39, 0.29) is 5.82 Å². The minimum absolute atomic E-state index is 0.301. The normalized spacial score (nSPS) is 10.9. The Balaban J connectivity index is 2.01. The zero-order valence-corrected chi connectivity index (χ0v) is 12.0. The Morgan fingerprint density at radius 2 is 2.32 bits per heavy atom. The van der Waals surface area contributed by atoms with Crippen LogP contribution in [-0.4, -0.2) is 25.2 Å². The molecule has 0 saturated heterocycles. The van der Waals surface area contributed by atoms with Crippen LogP contribution in [0.2, 0.25) is 0 Å². The van der Waals surface area contributed by atoms with Crippen molar-refractivity contribution in [3.8, 4) is 11.3 Å². The fourth-order valence-corrected chi connectivity index (χ4v) is 1.92. The molecule has 0 fully saturated rings. The molecule has 102 valence electrons. The third-order valence-electron chi connectivity index (χ3n) is 2.52. The first-order valence-corrected chi connectivity index (χ1v) is 6.60. The van der Waals surface area contributed by atoms with Crippen LogP contribution in [0.1, 0.15) is 5.89 Å². The Kier molecular flexibility index (Phi) is 5.07. The van der Waals surface area contributed by atoms with E-state index in [0.717, 1.165) is 12.1 Å². The van der Waals surface area contributed by atoms with Gasteiger partial charge in [0.05, 0.1) is 23.8 Å². The number of nitrogens with zero attached hydrogens (tertiary/aromatic N) is 1. The summed E-state index contributed by atoms with van der Waals surface area (Å²) in [5, 5.41) is 3.14. The molecule has 2 rings (SSSR count). The molecule has 6 heteroatoms. The predicted molar refractivity (Wildman–Crippen MR) is 73.2 cm³/mol. The van der Waals surface area contributed by atoms with Gasteiger partial charge in [0, 0.05) is 19.2 Å². The number of halogens is 2. The first-order valence-electron chi connectivity index (χ1n) is 5.80. The molecular formula is C13H14BrFN2O2. The molecule has 0 aliphatic carbocycles. The summed E-state index contributed by atoms with van der Waals surface area (Å²) in [5.74, 6) is 0.903. The largest absolute Gasteiger partial charge is 0.439 e. The maximum absolute atomic E-state index is 13.1. The molecule has 0 bridgehead atoms. The summed E-state index contributed by atoms with van der Waals surface area (Å²) in [5.41, 5.74) is 0.781. The SMILES string of the molecule is COCCNCc1ncc(-c2ccc(F)c(Br)c2)o1. The van der Waals surface area contributed by atoms with Gasteiger partial charge in [-0.05, 0) is 34.1 Å². The van der Waals surface area contributed by atoms with E-state index in [4.69, 9.17) is 9.15 Å². The van der Waals surface area contributed by atoms with Gasteiger partial charge in [-0.3, -0.25) is 0 Å². The summed E-state index contributed by atoms with van der Waals surface area (Å²) >= 11 is 3.15. The summed E-state index contributed by atoms with van der Waals surface area (Å²) < 4.78 is 24.1. The number of aromatic nitrogens is 1. The van der Waals surface area contributed by atoms with Crippen molar-refractivity contribution < 1.29 is 13.5 Å². The van der Waals surface area contributed by atoms with E-state index < -0.39 is 0 Å². The second kappa shape index (κ2) is 6.79. The third-order valence-corrected chi connectivity index (χ3v) is 3.12. The third kappa shape index (κ3) is 3.86. The van der Waals surface area contributed by atoms with Crippen LogP contribution in [-0.2, 0) is 11.3 Å². The molecule has 0 spiro atoms. The molecule has 0 atom stereocenters. The van der Waals surface area contributed by atoms with Gasteiger partial charge in [0.1, 0.15) is 5.82 Å². The number of hydrogen-bond donors (Lipinski definition) is 1. The lowest BCUT2D eigenvalue weighted by Crippen LogP contribution is -2.18. The van der Waals surface area contributed by atoms with Gasteiger partial charge in [-0.2, -0.15) is 0 Å². The lowest BCUT2D eigenvalue weighted by atomic mass is 10.2. The van der Waals surface area contributed by atoms with Crippen molar-refractivity contribution in [1.29, 1.82) is 0 Å². The van der Waals surface area contributed by atoms with Gasteiger partial charge in [-0.15, -0.1) is 0 Å². The zero-order valence-electron chi connectivity index (χ0n) is 10.5. The fraction of sp³-hybridized carbons (Fsp3) is 0.308. The maximum Gasteiger partial charge on any atom is 0.208 e. The van der Waals surface area contributed by atoms with Crippen molar-refractivity contribution >= 4 is 15.9 Å². The highest BCUT2D eigenvalue weighted by Crippen LogP contribution is 2.25. The monoisotopic (exact) mass is 328 g/mol. The van der Waals surface area contributed by atoms with Gasteiger partial charge in [0.15, 0.2) is 5.76 Å². The van der Waals surface area contributed by atoms with Gasteiger partial charge in [-0.1, -0.05) is 0 Å². The lowest BCUT2D eigenvalue weighted by molar-refractivity contribution is 0.198. The predicted octanol–water partition coefficient (Wildman–Crippen LogP) is 2.98. The molecule has 0 aliphatic rings. The van der Waals surface area contributed by atoms with Gasteiger partial charge in [-0.25, -0.2) is 9.37 Å². The van der Waals surface area contributed by atoms with Crippen LogP contribution in [0.5, 0.6) is 0 Å². The summed E-state index contributed by atoms with van der Waals surface area (Å²) in [7, 11) is 1.65. The van der Waals surface area contributed by atoms with Crippen molar-refractivity contribution in [2.45, 2.75) is 6.54 Å². The van der Waals surface area contributed by atoms with Gasteiger partial charge >= 0.3 is 0 Å². The molecule has 0 unspecified atom stereocenters. The Morgan fingerprint density at radius 3 is 3.05 bits per heavy atom. The van der Waals surface area contributed by atoms with Crippen LogP contribution >= 0.6 is 15.9 Å². The topological polar surface area (TPSA) is 47.3 Å². The van der Waals surface area contributed by atoms with Crippen LogP contribution in [0, 0.1) is 5.82 Å². The molecule has 1 aromatic carbocycles. The minimum atomic E-state index is -0.301. The molecule has 4 nitrogen and oxygen atoms in total. The highest BCUT2D eigenvalue weighted by Gasteiger charge is 2.08. The molecule has 0 amide bonds. The summed E-state index contributed by atoms with van der Waals surface area (Å²) in [4.78, 5) is 4.16. The second-order valence-electron chi connectivity index (χ2n) is 3.92. The first-order chi connectivity index (χ1) is 9.20. The standard InChI is InChI=1S/C13H14BrFN2O2/c1-18-5-4-16-8-13-17-7-12(19-13)9-2-3-11(15)10(14)6-9/h2-3,6-7,16H,4-5,8H2,1H3. The Bertz CT molecular complexity index is 545. The van der Waals surface area contributed by atoms with Gasteiger partial charge < -0.3 is 14.5 Å². The van der Waals surface area contributed by atoms with Gasteiger partial charge in [0.25, 0.3) is 0 Å². The molecular weight excluding hydrogens is 315 g/mol. The summed E-state index contributed by atoms with van der Waals surface area (Å²) in [6, 6.07) is 4.71. The van der Waals surface area contributed by atoms with Crippen molar-refractivity contribution in [1.82, 2.24) is 10.3 Å². The quantitative estimate of drug-likeness (QED) is 0.828. The number of benzene rings is 1. The number of rotatable bonds is 6. The average molecular weight is 329 g/mol. The number of methoxy groups -OCH3 is 1. The average Bonchev–Trinajstić information content (AvgIpc) is 2.87. The van der Waals surface area contributed by atoms with E-state index in [2.05, 4.69) is 26.2 Å². The molecule has 19 heavy (non-hydrogen) atoms. The molecule has 1 heterocycles. The molecule has 1 aromatic heterocycles. The van der Waals surface area contributed by atoms with Crippen molar-refractivity contribution in [3.63, 3.8) is 0 Å². The van der Waals surface area contributed by atoms with Crippen LogP contribution in [0.3, 0.4) is 0 Å². The smallest absolute Gasteiger partial charge is 0.208 e. The first kappa shape index (κ1) is 14.2. The molecule has 0 saturated carbocycles. The van der Waals surface area contributed by atoms with E-state index in [9.17, 15) is 4.39 Å². The van der Waals surface area contributed by atoms with Crippen LogP contribution in [0.25, 0.3) is 11.3 Å².